The predicted octanol–water partition coefficient (Wildman–Crippen LogP) is 2.26. The van der Waals surface area contributed by atoms with E-state index in [2.05, 4.69) is 23.9 Å². The molecule has 2 aromatic rings. The minimum absolute atomic E-state index is 0.213. The van der Waals surface area contributed by atoms with Crippen LogP contribution in [0.3, 0.4) is 0 Å². The molecule has 124 valence electrons. The van der Waals surface area contributed by atoms with Gasteiger partial charge in [0, 0.05) is 42.3 Å². The van der Waals surface area contributed by atoms with Crippen molar-refractivity contribution in [2.75, 3.05) is 26.7 Å². The van der Waals surface area contributed by atoms with Crippen LogP contribution in [0.4, 0.5) is 0 Å². The van der Waals surface area contributed by atoms with E-state index in [0.717, 1.165) is 29.3 Å². The summed E-state index contributed by atoms with van der Waals surface area (Å²) in [7, 11) is -1.46. The molecule has 0 saturated carbocycles. The number of rotatable bonds is 2. The van der Waals surface area contributed by atoms with E-state index < -0.39 is 10.0 Å². The number of nitrogens with zero attached hydrogens (tertiary/aromatic N) is 3. The Morgan fingerprint density at radius 1 is 1.22 bits per heavy atom. The largest absolute Gasteiger partial charge is 0.302 e. The third kappa shape index (κ3) is 2.98. The van der Waals surface area contributed by atoms with E-state index in [4.69, 9.17) is 0 Å². The van der Waals surface area contributed by atoms with Crippen LogP contribution in [-0.2, 0) is 10.0 Å². The van der Waals surface area contributed by atoms with E-state index >= 15 is 0 Å². The highest BCUT2D eigenvalue weighted by atomic mass is 32.2. The minimum Gasteiger partial charge on any atom is -0.302 e. The molecule has 2 heterocycles. The number of hydrogen-bond acceptors (Lipinski definition) is 4. The van der Waals surface area contributed by atoms with Crippen molar-refractivity contribution >= 4 is 20.8 Å². The van der Waals surface area contributed by atoms with Crippen molar-refractivity contribution < 1.29 is 8.42 Å². The van der Waals surface area contributed by atoms with Gasteiger partial charge in [-0.2, -0.15) is 4.31 Å². The van der Waals surface area contributed by atoms with Gasteiger partial charge in [0.05, 0.1) is 4.90 Å². The summed E-state index contributed by atoms with van der Waals surface area (Å²) in [6.45, 7) is 6.00. The first-order chi connectivity index (χ1) is 10.9. The maximum absolute atomic E-state index is 13.2. The number of aryl methyl sites for hydroxylation is 1. The van der Waals surface area contributed by atoms with Gasteiger partial charge in [-0.3, -0.25) is 4.98 Å². The Hall–Kier alpha value is -1.50. The summed E-state index contributed by atoms with van der Waals surface area (Å²) in [6.07, 6.45) is 4.30. The average Bonchev–Trinajstić information content (AvgIpc) is 2.69. The lowest BCUT2D eigenvalue weighted by Crippen LogP contribution is -2.39. The molecule has 1 atom stereocenters. The molecule has 0 aliphatic carbocycles. The van der Waals surface area contributed by atoms with Crippen LogP contribution < -0.4 is 0 Å². The third-order valence-electron chi connectivity index (χ3n) is 4.69. The van der Waals surface area contributed by atoms with E-state index in [-0.39, 0.29) is 6.04 Å². The Kier molecular flexibility index (Phi) is 4.40. The SMILES string of the molecule is Cc1cncc2cccc(S(=O)(=O)N3CCCN(C)C(C)C3)c12. The molecule has 23 heavy (non-hydrogen) atoms. The van der Waals surface area contributed by atoms with Gasteiger partial charge in [0.15, 0.2) is 0 Å². The van der Waals surface area contributed by atoms with Crippen molar-refractivity contribution in [1.82, 2.24) is 14.2 Å². The van der Waals surface area contributed by atoms with Crippen molar-refractivity contribution in [3.63, 3.8) is 0 Å². The van der Waals surface area contributed by atoms with Gasteiger partial charge < -0.3 is 4.90 Å². The molecular formula is C17H23N3O2S. The summed E-state index contributed by atoms with van der Waals surface area (Å²) in [5.74, 6) is 0. The van der Waals surface area contributed by atoms with Gasteiger partial charge >= 0.3 is 0 Å². The summed E-state index contributed by atoms with van der Waals surface area (Å²) in [6, 6.07) is 5.63. The van der Waals surface area contributed by atoms with Crippen LogP contribution in [0.2, 0.25) is 0 Å². The fourth-order valence-electron chi connectivity index (χ4n) is 3.19. The quantitative estimate of drug-likeness (QED) is 0.846. The molecule has 5 nitrogen and oxygen atoms in total. The Morgan fingerprint density at radius 3 is 2.78 bits per heavy atom. The van der Waals surface area contributed by atoms with Crippen LogP contribution in [-0.4, -0.2) is 55.3 Å². The number of hydrogen-bond donors (Lipinski definition) is 0. The minimum atomic E-state index is -3.51. The normalized spacial score (nSPS) is 21.4. The standard InChI is InChI=1S/C17H23N3O2S/c1-13-10-18-11-15-6-4-7-16(17(13)15)23(21,22)20-9-5-8-19(3)14(2)12-20/h4,6-7,10-11,14H,5,8-9,12H2,1-3H3. The molecule has 0 amide bonds. The number of pyridine rings is 1. The zero-order chi connectivity index (χ0) is 16.6. The van der Waals surface area contributed by atoms with Crippen molar-refractivity contribution in [2.24, 2.45) is 0 Å². The zero-order valence-corrected chi connectivity index (χ0v) is 14.7. The fraction of sp³-hybridized carbons (Fsp3) is 0.471. The molecule has 1 aromatic carbocycles. The predicted molar refractivity (Wildman–Crippen MR) is 91.9 cm³/mol. The molecule has 1 saturated heterocycles. The molecule has 1 fully saturated rings. The molecule has 0 radical (unpaired) electrons. The van der Waals surface area contributed by atoms with Gasteiger partial charge in [-0.25, -0.2) is 8.42 Å². The van der Waals surface area contributed by atoms with E-state index in [1.165, 1.54) is 0 Å². The Labute approximate surface area is 138 Å². The van der Waals surface area contributed by atoms with Gasteiger partial charge in [-0.05, 0) is 45.5 Å². The summed E-state index contributed by atoms with van der Waals surface area (Å²) in [4.78, 5) is 6.78. The summed E-state index contributed by atoms with van der Waals surface area (Å²) < 4.78 is 28.1. The van der Waals surface area contributed by atoms with Gasteiger partial charge in [0.25, 0.3) is 0 Å². The number of aromatic nitrogens is 1. The molecule has 1 aliphatic heterocycles. The van der Waals surface area contributed by atoms with Crippen molar-refractivity contribution in [1.29, 1.82) is 0 Å². The molecule has 1 aromatic heterocycles. The van der Waals surface area contributed by atoms with Crippen molar-refractivity contribution in [3.05, 3.63) is 36.2 Å². The highest BCUT2D eigenvalue weighted by Gasteiger charge is 2.30. The van der Waals surface area contributed by atoms with Crippen LogP contribution >= 0.6 is 0 Å². The highest BCUT2D eigenvalue weighted by molar-refractivity contribution is 7.89. The second kappa shape index (κ2) is 6.19. The van der Waals surface area contributed by atoms with Gasteiger partial charge in [0.1, 0.15) is 0 Å². The molecule has 0 spiro atoms. The monoisotopic (exact) mass is 333 g/mol. The van der Waals surface area contributed by atoms with Crippen LogP contribution in [0.25, 0.3) is 10.8 Å². The zero-order valence-electron chi connectivity index (χ0n) is 13.9. The van der Waals surface area contributed by atoms with E-state index in [1.54, 1.807) is 28.8 Å². The highest BCUT2D eigenvalue weighted by Crippen LogP contribution is 2.28. The molecule has 6 heteroatoms. The topological polar surface area (TPSA) is 53.5 Å². The number of sulfonamides is 1. The Morgan fingerprint density at radius 2 is 2.00 bits per heavy atom. The summed E-state index contributed by atoms with van der Waals surface area (Å²) in [5, 5.41) is 1.65. The van der Waals surface area contributed by atoms with E-state index in [1.807, 2.05) is 13.0 Å². The average molecular weight is 333 g/mol. The van der Waals surface area contributed by atoms with Crippen LogP contribution in [0, 0.1) is 6.92 Å². The van der Waals surface area contributed by atoms with Crippen LogP contribution in [0.15, 0.2) is 35.5 Å². The maximum Gasteiger partial charge on any atom is 0.243 e. The lowest BCUT2D eigenvalue weighted by atomic mass is 10.1. The number of likely N-dealkylation sites (N-methyl/N-ethyl adjacent to an activating group) is 1. The second-order valence-corrected chi connectivity index (χ2v) is 8.26. The van der Waals surface area contributed by atoms with Gasteiger partial charge in [-0.15, -0.1) is 0 Å². The van der Waals surface area contributed by atoms with Crippen molar-refractivity contribution in [2.45, 2.75) is 31.2 Å². The lowest BCUT2D eigenvalue weighted by molar-refractivity contribution is 0.260. The molecule has 1 unspecified atom stereocenters. The third-order valence-corrected chi connectivity index (χ3v) is 6.60. The molecule has 1 aliphatic rings. The Balaban J connectivity index is 2.10. The molecular weight excluding hydrogens is 310 g/mol. The number of benzene rings is 1. The fourth-order valence-corrected chi connectivity index (χ4v) is 5.03. The van der Waals surface area contributed by atoms with Crippen LogP contribution in [0.5, 0.6) is 0 Å². The summed E-state index contributed by atoms with van der Waals surface area (Å²) >= 11 is 0. The van der Waals surface area contributed by atoms with Crippen LogP contribution in [0.1, 0.15) is 18.9 Å². The second-order valence-electron chi connectivity index (χ2n) is 6.36. The van der Waals surface area contributed by atoms with E-state index in [0.29, 0.717) is 18.0 Å². The first kappa shape index (κ1) is 16.4. The lowest BCUT2D eigenvalue weighted by Gasteiger charge is -2.26. The molecule has 0 N–H and O–H groups in total. The Bertz CT molecular complexity index is 814. The number of fused-ring (bicyclic) bond motifs is 1. The molecule has 3 rings (SSSR count). The van der Waals surface area contributed by atoms with Gasteiger partial charge in [0.2, 0.25) is 10.0 Å². The van der Waals surface area contributed by atoms with E-state index in [9.17, 15) is 8.42 Å². The molecule has 0 bridgehead atoms. The first-order valence-corrected chi connectivity index (χ1v) is 9.39. The maximum atomic E-state index is 13.2. The first-order valence-electron chi connectivity index (χ1n) is 7.95. The van der Waals surface area contributed by atoms with Gasteiger partial charge in [-0.1, -0.05) is 12.1 Å². The smallest absolute Gasteiger partial charge is 0.243 e. The van der Waals surface area contributed by atoms with Crippen molar-refractivity contribution in [3.8, 4) is 0 Å². The summed E-state index contributed by atoms with van der Waals surface area (Å²) in [5.41, 5.74) is 0.890.